The summed E-state index contributed by atoms with van der Waals surface area (Å²) in [6.07, 6.45) is 0.686. The molecule has 0 fully saturated rings. The van der Waals surface area contributed by atoms with E-state index in [0.29, 0.717) is 22.4 Å². The molecule has 2 aromatic heterocycles. The number of nitrogens with zero attached hydrogens (tertiary/aromatic N) is 2. The van der Waals surface area contributed by atoms with Crippen molar-refractivity contribution in [2.24, 2.45) is 0 Å². The van der Waals surface area contributed by atoms with Crippen LogP contribution in [0.3, 0.4) is 0 Å². The summed E-state index contributed by atoms with van der Waals surface area (Å²) in [7, 11) is 0. The van der Waals surface area contributed by atoms with E-state index in [1.54, 1.807) is 0 Å². The van der Waals surface area contributed by atoms with Crippen molar-refractivity contribution >= 4 is 26.8 Å². The van der Waals surface area contributed by atoms with Crippen LogP contribution in [0, 0.1) is 0 Å². The number of fused-ring (bicyclic) bond motifs is 1. The van der Waals surface area contributed by atoms with Crippen molar-refractivity contribution in [1.82, 2.24) is 15.0 Å². The second-order valence-electron chi connectivity index (χ2n) is 4.42. The maximum Gasteiger partial charge on any atom is 0.265 e. The van der Waals surface area contributed by atoms with Crippen LogP contribution in [0.4, 0.5) is 0 Å². The fourth-order valence-electron chi connectivity index (χ4n) is 2.06. The van der Waals surface area contributed by atoms with Crippen LogP contribution in [0.1, 0.15) is 12.6 Å². The van der Waals surface area contributed by atoms with E-state index in [9.17, 15) is 4.79 Å². The van der Waals surface area contributed by atoms with Gasteiger partial charge in [-0.3, -0.25) is 4.79 Å². The summed E-state index contributed by atoms with van der Waals surface area (Å²) < 4.78 is 0.490. The molecule has 0 unspecified atom stereocenters. The molecule has 4 nitrogen and oxygen atoms in total. The Labute approximate surface area is 124 Å². The van der Waals surface area contributed by atoms with E-state index in [-0.39, 0.29) is 5.56 Å². The molecule has 0 aliphatic heterocycles. The smallest absolute Gasteiger partial charge is 0.265 e. The minimum atomic E-state index is -0.179. The molecule has 0 radical (unpaired) electrons. The van der Waals surface area contributed by atoms with Gasteiger partial charge in [-0.15, -0.1) is 0 Å². The largest absolute Gasteiger partial charge is 0.304 e. The topological polar surface area (TPSA) is 58.6 Å². The third-order valence-corrected chi connectivity index (χ3v) is 3.93. The van der Waals surface area contributed by atoms with Crippen molar-refractivity contribution < 1.29 is 0 Å². The molecule has 0 saturated heterocycles. The molecular formula is C15H12BrN3O. The number of halogens is 1. The van der Waals surface area contributed by atoms with Crippen molar-refractivity contribution in [2.75, 3.05) is 0 Å². The second-order valence-corrected chi connectivity index (χ2v) is 5.21. The van der Waals surface area contributed by atoms with Gasteiger partial charge in [0.25, 0.3) is 5.56 Å². The van der Waals surface area contributed by atoms with Crippen LogP contribution in [0.2, 0.25) is 0 Å². The number of H-pyrrole nitrogens is 1. The third-order valence-electron chi connectivity index (χ3n) is 3.11. The maximum absolute atomic E-state index is 11.9. The number of rotatable bonds is 2. The van der Waals surface area contributed by atoms with Crippen LogP contribution in [0.5, 0.6) is 0 Å². The van der Waals surface area contributed by atoms with E-state index in [1.807, 2.05) is 43.3 Å². The number of benzene rings is 1. The minimum absolute atomic E-state index is 0.179. The van der Waals surface area contributed by atoms with Gasteiger partial charge in [0.05, 0.1) is 11.2 Å². The lowest BCUT2D eigenvalue weighted by atomic mass is 10.2. The SMILES string of the molecule is CCc1nc(-c2ccc3ccccc3n2)[nH]c(=O)c1Br. The quantitative estimate of drug-likeness (QED) is 0.784. The van der Waals surface area contributed by atoms with Gasteiger partial charge < -0.3 is 4.98 Å². The monoisotopic (exact) mass is 329 g/mol. The van der Waals surface area contributed by atoms with Gasteiger partial charge in [-0.25, -0.2) is 9.97 Å². The predicted octanol–water partition coefficient (Wildman–Crippen LogP) is 3.31. The third kappa shape index (κ3) is 2.25. The van der Waals surface area contributed by atoms with Crippen LogP contribution < -0.4 is 5.56 Å². The standard InChI is InChI=1S/C15H12BrN3O/c1-2-10-13(16)15(20)19-14(18-10)12-8-7-9-5-3-4-6-11(9)17-12/h3-8H,2H2,1H3,(H,18,19,20). The lowest BCUT2D eigenvalue weighted by Gasteiger charge is -2.05. The Morgan fingerprint density at radius 3 is 2.75 bits per heavy atom. The maximum atomic E-state index is 11.9. The van der Waals surface area contributed by atoms with E-state index in [4.69, 9.17) is 0 Å². The van der Waals surface area contributed by atoms with Crippen LogP contribution in [-0.4, -0.2) is 15.0 Å². The molecule has 5 heteroatoms. The van der Waals surface area contributed by atoms with E-state index >= 15 is 0 Å². The Morgan fingerprint density at radius 2 is 1.95 bits per heavy atom. The zero-order valence-corrected chi connectivity index (χ0v) is 12.4. The molecule has 0 bridgehead atoms. The first-order valence-electron chi connectivity index (χ1n) is 6.34. The molecule has 0 atom stereocenters. The molecule has 0 spiro atoms. The van der Waals surface area contributed by atoms with Crippen molar-refractivity contribution in [2.45, 2.75) is 13.3 Å². The molecular weight excluding hydrogens is 318 g/mol. The Morgan fingerprint density at radius 1 is 1.15 bits per heavy atom. The van der Waals surface area contributed by atoms with Crippen LogP contribution in [0.15, 0.2) is 45.7 Å². The summed E-state index contributed by atoms with van der Waals surface area (Å²) in [4.78, 5) is 23.6. The normalized spacial score (nSPS) is 10.9. The first-order chi connectivity index (χ1) is 9.69. The minimum Gasteiger partial charge on any atom is -0.304 e. The fraction of sp³-hybridized carbons (Fsp3) is 0.133. The van der Waals surface area contributed by atoms with Crippen LogP contribution in [-0.2, 0) is 6.42 Å². The fourth-order valence-corrected chi connectivity index (χ4v) is 2.53. The Hall–Kier alpha value is -2.01. The molecule has 3 aromatic rings. The van der Waals surface area contributed by atoms with Gasteiger partial charge in [0.1, 0.15) is 10.2 Å². The first kappa shape index (κ1) is 13.0. The summed E-state index contributed by atoms with van der Waals surface area (Å²) >= 11 is 3.26. The van der Waals surface area contributed by atoms with Crippen molar-refractivity contribution in [3.63, 3.8) is 0 Å². The number of aromatic amines is 1. The lowest BCUT2D eigenvalue weighted by Crippen LogP contribution is -2.13. The van der Waals surface area contributed by atoms with Gasteiger partial charge in [0, 0.05) is 5.39 Å². The van der Waals surface area contributed by atoms with Gasteiger partial charge in [-0.2, -0.15) is 0 Å². The average Bonchev–Trinajstić information content (AvgIpc) is 2.49. The van der Waals surface area contributed by atoms with Crippen LogP contribution in [0.25, 0.3) is 22.4 Å². The van der Waals surface area contributed by atoms with E-state index in [1.165, 1.54) is 0 Å². The molecule has 0 amide bonds. The van der Waals surface area contributed by atoms with Crippen LogP contribution >= 0.6 is 15.9 Å². The molecule has 100 valence electrons. The summed E-state index contributed by atoms with van der Waals surface area (Å²) in [6, 6.07) is 11.7. The molecule has 0 saturated carbocycles. The molecule has 2 heterocycles. The molecule has 20 heavy (non-hydrogen) atoms. The van der Waals surface area contributed by atoms with Gasteiger partial charge >= 0.3 is 0 Å². The zero-order chi connectivity index (χ0) is 14.1. The van der Waals surface area contributed by atoms with Gasteiger partial charge in [-0.05, 0) is 34.5 Å². The van der Waals surface area contributed by atoms with Gasteiger partial charge in [0.2, 0.25) is 0 Å². The molecule has 0 aliphatic carbocycles. The Balaban J connectivity index is 2.20. The Kier molecular flexibility index (Phi) is 3.36. The highest BCUT2D eigenvalue weighted by Gasteiger charge is 2.10. The van der Waals surface area contributed by atoms with Crippen molar-refractivity contribution in [3.05, 3.63) is 56.9 Å². The number of hydrogen-bond donors (Lipinski definition) is 1. The number of aryl methyl sites for hydroxylation is 1. The number of hydrogen-bond acceptors (Lipinski definition) is 3. The first-order valence-corrected chi connectivity index (χ1v) is 7.13. The summed E-state index contributed by atoms with van der Waals surface area (Å²) in [5.74, 6) is 0.501. The highest BCUT2D eigenvalue weighted by atomic mass is 79.9. The number of pyridine rings is 1. The Bertz CT molecular complexity index is 842. The highest BCUT2D eigenvalue weighted by molar-refractivity contribution is 9.10. The van der Waals surface area contributed by atoms with Crippen molar-refractivity contribution in [1.29, 1.82) is 0 Å². The molecule has 0 aliphatic rings. The zero-order valence-electron chi connectivity index (χ0n) is 10.9. The molecule has 1 N–H and O–H groups in total. The van der Waals surface area contributed by atoms with E-state index < -0.39 is 0 Å². The van der Waals surface area contributed by atoms with E-state index in [0.717, 1.165) is 16.6 Å². The second kappa shape index (κ2) is 5.17. The number of nitrogens with one attached hydrogen (secondary N) is 1. The average molecular weight is 330 g/mol. The van der Waals surface area contributed by atoms with Crippen molar-refractivity contribution in [3.8, 4) is 11.5 Å². The number of para-hydroxylation sites is 1. The van der Waals surface area contributed by atoms with Gasteiger partial charge in [0.15, 0.2) is 5.82 Å². The summed E-state index contributed by atoms with van der Waals surface area (Å²) in [6.45, 7) is 1.96. The predicted molar refractivity (Wildman–Crippen MR) is 82.7 cm³/mol. The van der Waals surface area contributed by atoms with E-state index in [2.05, 4.69) is 30.9 Å². The molecule has 3 rings (SSSR count). The van der Waals surface area contributed by atoms with Gasteiger partial charge in [-0.1, -0.05) is 31.2 Å². The number of aromatic nitrogens is 3. The molecule has 1 aromatic carbocycles. The lowest BCUT2D eigenvalue weighted by molar-refractivity contribution is 0.965. The summed E-state index contributed by atoms with van der Waals surface area (Å²) in [5.41, 5.74) is 2.11. The summed E-state index contributed by atoms with van der Waals surface area (Å²) in [5, 5.41) is 1.06. The highest BCUT2D eigenvalue weighted by Crippen LogP contribution is 2.19.